The largest absolute Gasteiger partial charge is 0.445 e. The standard InChI is InChI=1S/C9H11F5/c10-7(8(11)9(12,13)14)6-4-2-1-3-5-6/h6H,1-5H2. The number of allylic oxidation sites excluding steroid dienone is 2. The van der Waals surface area contributed by atoms with Crippen LogP contribution in [0.15, 0.2) is 11.7 Å². The van der Waals surface area contributed by atoms with E-state index in [1.165, 1.54) is 0 Å². The van der Waals surface area contributed by atoms with Crippen molar-refractivity contribution < 1.29 is 22.0 Å². The van der Waals surface area contributed by atoms with Crippen molar-refractivity contribution in [1.29, 1.82) is 0 Å². The summed E-state index contributed by atoms with van der Waals surface area (Å²) in [5, 5.41) is 0. The summed E-state index contributed by atoms with van der Waals surface area (Å²) in [6.07, 6.45) is -2.32. The van der Waals surface area contributed by atoms with Gasteiger partial charge in [0.05, 0.1) is 0 Å². The average molecular weight is 214 g/mol. The molecular weight excluding hydrogens is 203 g/mol. The van der Waals surface area contributed by atoms with Crippen LogP contribution in [0, 0.1) is 5.92 Å². The zero-order valence-corrected chi connectivity index (χ0v) is 7.50. The fraction of sp³-hybridized carbons (Fsp3) is 0.778. The Morgan fingerprint density at radius 1 is 0.929 bits per heavy atom. The Bertz CT molecular complexity index is 222. The van der Waals surface area contributed by atoms with E-state index in [4.69, 9.17) is 0 Å². The lowest BCUT2D eigenvalue weighted by atomic mass is 9.88. The van der Waals surface area contributed by atoms with Crippen LogP contribution in [0.1, 0.15) is 32.1 Å². The third-order valence-corrected chi connectivity index (χ3v) is 2.42. The summed E-state index contributed by atoms with van der Waals surface area (Å²) in [5.74, 6) is -5.04. The maximum atomic E-state index is 13.0. The Hall–Kier alpha value is -0.610. The summed E-state index contributed by atoms with van der Waals surface area (Å²) >= 11 is 0. The second kappa shape index (κ2) is 4.28. The first-order chi connectivity index (χ1) is 6.43. The molecule has 0 saturated heterocycles. The first-order valence-electron chi connectivity index (χ1n) is 4.55. The summed E-state index contributed by atoms with van der Waals surface area (Å²) < 4.78 is 60.8. The van der Waals surface area contributed by atoms with Crippen LogP contribution in [0.25, 0.3) is 0 Å². The number of hydrogen-bond acceptors (Lipinski definition) is 0. The van der Waals surface area contributed by atoms with Gasteiger partial charge in [-0.25, -0.2) is 4.39 Å². The van der Waals surface area contributed by atoms with Gasteiger partial charge in [-0.3, -0.25) is 0 Å². The zero-order chi connectivity index (χ0) is 10.8. The van der Waals surface area contributed by atoms with E-state index in [1.54, 1.807) is 0 Å². The SMILES string of the molecule is FC(=C(F)C(F)(F)F)C1CCCCC1. The van der Waals surface area contributed by atoms with Crippen molar-refractivity contribution in [3.8, 4) is 0 Å². The third-order valence-electron chi connectivity index (χ3n) is 2.42. The molecule has 1 fully saturated rings. The van der Waals surface area contributed by atoms with Crippen LogP contribution < -0.4 is 0 Å². The lowest BCUT2D eigenvalue weighted by molar-refractivity contribution is -0.112. The minimum Gasteiger partial charge on any atom is -0.208 e. The minimum atomic E-state index is -5.18. The monoisotopic (exact) mass is 214 g/mol. The van der Waals surface area contributed by atoms with Crippen LogP contribution in [-0.2, 0) is 0 Å². The van der Waals surface area contributed by atoms with Gasteiger partial charge in [-0.15, -0.1) is 0 Å². The number of alkyl halides is 3. The normalized spacial score (nSPS) is 22.1. The molecule has 1 aliphatic carbocycles. The van der Waals surface area contributed by atoms with Gasteiger partial charge in [-0.05, 0) is 12.8 Å². The number of hydrogen-bond donors (Lipinski definition) is 0. The molecule has 5 heteroatoms. The van der Waals surface area contributed by atoms with E-state index in [-0.39, 0.29) is 0 Å². The Morgan fingerprint density at radius 3 is 1.86 bits per heavy atom. The molecule has 0 aromatic heterocycles. The molecule has 0 aromatic rings. The molecule has 82 valence electrons. The van der Waals surface area contributed by atoms with Gasteiger partial charge in [-0.1, -0.05) is 19.3 Å². The summed E-state index contributed by atoms with van der Waals surface area (Å²) in [5.41, 5.74) is 0. The van der Waals surface area contributed by atoms with Crippen molar-refractivity contribution in [2.24, 2.45) is 5.92 Å². The lowest BCUT2D eigenvalue weighted by Crippen LogP contribution is -2.15. The molecule has 0 spiro atoms. The van der Waals surface area contributed by atoms with Gasteiger partial charge < -0.3 is 0 Å². The quantitative estimate of drug-likeness (QED) is 0.571. The summed E-state index contributed by atoms with van der Waals surface area (Å²) in [6.45, 7) is 0. The Balaban J connectivity index is 2.74. The van der Waals surface area contributed by atoms with Crippen molar-refractivity contribution in [2.75, 3.05) is 0 Å². The Kier molecular flexibility index (Phi) is 3.50. The van der Waals surface area contributed by atoms with Gasteiger partial charge in [0.1, 0.15) is 5.83 Å². The molecule has 0 atom stereocenters. The highest BCUT2D eigenvalue weighted by atomic mass is 19.4. The van der Waals surface area contributed by atoms with Gasteiger partial charge in [0.25, 0.3) is 0 Å². The fourth-order valence-electron chi connectivity index (χ4n) is 1.67. The Labute approximate surface area is 78.8 Å². The molecule has 0 radical (unpaired) electrons. The molecule has 1 rings (SSSR count). The smallest absolute Gasteiger partial charge is 0.208 e. The highest BCUT2D eigenvalue weighted by Crippen LogP contribution is 2.37. The van der Waals surface area contributed by atoms with E-state index < -0.39 is 23.7 Å². The molecule has 0 aliphatic heterocycles. The van der Waals surface area contributed by atoms with E-state index in [1.807, 2.05) is 0 Å². The van der Waals surface area contributed by atoms with Crippen LogP contribution >= 0.6 is 0 Å². The lowest BCUT2D eigenvalue weighted by Gasteiger charge is -2.20. The molecule has 0 nitrogen and oxygen atoms in total. The summed E-state index contributed by atoms with van der Waals surface area (Å²) in [6, 6.07) is 0. The van der Waals surface area contributed by atoms with Crippen LogP contribution in [0.4, 0.5) is 22.0 Å². The van der Waals surface area contributed by atoms with Crippen molar-refractivity contribution in [1.82, 2.24) is 0 Å². The highest BCUT2D eigenvalue weighted by Gasteiger charge is 2.40. The first-order valence-corrected chi connectivity index (χ1v) is 4.55. The van der Waals surface area contributed by atoms with E-state index in [0.717, 1.165) is 6.42 Å². The van der Waals surface area contributed by atoms with E-state index in [0.29, 0.717) is 25.7 Å². The van der Waals surface area contributed by atoms with Gasteiger partial charge in [0.15, 0.2) is 0 Å². The van der Waals surface area contributed by atoms with E-state index in [9.17, 15) is 22.0 Å². The van der Waals surface area contributed by atoms with E-state index in [2.05, 4.69) is 0 Å². The molecular formula is C9H11F5. The van der Waals surface area contributed by atoms with Gasteiger partial charge in [0, 0.05) is 5.92 Å². The van der Waals surface area contributed by atoms with Crippen LogP contribution in [-0.4, -0.2) is 6.18 Å². The van der Waals surface area contributed by atoms with Crippen LogP contribution in [0.5, 0.6) is 0 Å². The molecule has 1 saturated carbocycles. The molecule has 0 amide bonds. The average Bonchev–Trinajstić information content (AvgIpc) is 2.15. The molecule has 1 aliphatic rings. The van der Waals surface area contributed by atoms with Gasteiger partial charge in [0.2, 0.25) is 5.83 Å². The predicted molar refractivity (Wildman–Crippen MR) is 41.9 cm³/mol. The zero-order valence-electron chi connectivity index (χ0n) is 7.50. The number of rotatable bonds is 1. The van der Waals surface area contributed by atoms with E-state index >= 15 is 0 Å². The maximum Gasteiger partial charge on any atom is 0.445 e. The topological polar surface area (TPSA) is 0 Å². The second-order valence-corrected chi connectivity index (χ2v) is 3.49. The predicted octanol–water partition coefficient (Wildman–Crippen LogP) is 4.28. The van der Waals surface area contributed by atoms with Crippen LogP contribution in [0.2, 0.25) is 0 Å². The first kappa shape index (κ1) is 11.5. The Morgan fingerprint density at radius 2 is 1.43 bits per heavy atom. The van der Waals surface area contributed by atoms with Gasteiger partial charge in [-0.2, -0.15) is 17.6 Å². The second-order valence-electron chi connectivity index (χ2n) is 3.49. The molecule has 0 heterocycles. The van der Waals surface area contributed by atoms with Crippen molar-refractivity contribution in [2.45, 2.75) is 38.3 Å². The van der Waals surface area contributed by atoms with Crippen molar-refractivity contribution >= 4 is 0 Å². The van der Waals surface area contributed by atoms with Gasteiger partial charge >= 0.3 is 6.18 Å². The fourth-order valence-corrected chi connectivity index (χ4v) is 1.67. The minimum absolute atomic E-state index is 0.315. The molecule has 0 aromatic carbocycles. The maximum absolute atomic E-state index is 13.0. The highest BCUT2D eigenvalue weighted by molar-refractivity contribution is 5.09. The van der Waals surface area contributed by atoms with Crippen LogP contribution in [0.3, 0.4) is 0 Å². The molecule has 0 unspecified atom stereocenters. The third kappa shape index (κ3) is 2.69. The molecule has 0 N–H and O–H groups in total. The number of halogens is 5. The van der Waals surface area contributed by atoms with Crippen molar-refractivity contribution in [3.63, 3.8) is 0 Å². The summed E-state index contributed by atoms with van der Waals surface area (Å²) in [7, 11) is 0. The summed E-state index contributed by atoms with van der Waals surface area (Å²) in [4.78, 5) is 0. The molecule has 14 heavy (non-hydrogen) atoms. The van der Waals surface area contributed by atoms with Crippen molar-refractivity contribution in [3.05, 3.63) is 11.7 Å². The molecule has 0 bridgehead atoms.